The molecule has 0 amide bonds. The van der Waals surface area contributed by atoms with Crippen LogP contribution in [0.5, 0.6) is 0 Å². The van der Waals surface area contributed by atoms with E-state index >= 15 is 0 Å². The van der Waals surface area contributed by atoms with Crippen molar-refractivity contribution < 1.29 is 4.39 Å². The number of hydrogen-bond donors (Lipinski definition) is 3. The first-order valence-corrected chi connectivity index (χ1v) is 6.55. The van der Waals surface area contributed by atoms with Crippen molar-refractivity contribution in [2.75, 3.05) is 19.8 Å². The monoisotopic (exact) mass is 266 g/mol. The van der Waals surface area contributed by atoms with E-state index in [1.165, 1.54) is 11.1 Å². The van der Waals surface area contributed by atoms with Crippen molar-refractivity contribution in [3.63, 3.8) is 0 Å². The third-order valence-electron chi connectivity index (χ3n) is 2.94. The van der Waals surface area contributed by atoms with Crippen molar-refractivity contribution >= 4 is 5.96 Å². The first-order valence-electron chi connectivity index (χ1n) is 6.55. The molecule has 4 nitrogen and oxygen atoms in total. The molecule has 1 rings (SSSR count). The summed E-state index contributed by atoms with van der Waals surface area (Å²) in [6.45, 7) is 3.30. The lowest BCUT2D eigenvalue weighted by molar-refractivity contribution is 0.353. The van der Waals surface area contributed by atoms with Gasteiger partial charge in [0.15, 0.2) is 5.96 Å². The third-order valence-corrected chi connectivity index (χ3v) is 2.94. The first kappa shape index (κ1) is 15.4. The number of hydrogen-bond acceptors (Lipinski definition) is 2. The fraction of sp³-hybridized carbons (Fsp3) is 0.500. The van der Waals surface area contributed by atoms with Crippen molar-refractivity contribution in [2.24, 2.45) is 22.4 Å². The zero-order valence-corrected chi connectivity index (χ0v) is 11.4. The second-order valence-corrected chi connectivity index (χ2v) is 4.59. The number of aryl methyl sites for hydroxylation is 1. The van der Waals surface area contributed by atoms with Crippen LogP contribution in [0.2, 0.25) is 0 Å². The summed E-state index contributed by atoms with van der Waals surface area (Å²) in [6.07, 6.45) is 1.04. The van der Waals surface area contributed by atoms with Crippen LogP contribution in [0.1, 0.15) is 18.1 Å². The van der Waals surface area contributed by atoms with Crippen LogP contribution in [0.3, 0.4) is 0 Å². The summed E-state index contributed by atoms with van der Waals surface area (Å²) in [7, 11) is 0. The lowest BCUT2D eigenvalue weighted by Gasteiger charge is -2.12. The Balaban J connectivity index is 2.33. The molecular formula is C14H23FN4. The Morgan fingerprint density at radius 2 is 1.89 bits per heavy atom. The van der Waals surface area contributed by atoms with E-state index in [1.54, 1.807) is 0 Å². The van der Waals surface area contributed by atoms with Gasteiger partial charge >= 0.3 is 0 Å². The van der Waals surface area contributed by atoms with Gasteiger partial charge in [0.05, 0.1) is 6.67 Å². The number of benzene rings is 1. The van der Waals surface area contributed by atoms with Crippen molar-refractivity contribution in [2.45, 2.75) is 19.9 Å². The minimum atomic E-state index is -0.432. The molecule has 0 fully saturated rings. The summed E-state index contributed by atoms with van der Waals surface area (Å²) in [5.74, 6) is -0.175. The smallest absolute Gasteiger partial charge is 0.185 e. The number of rotatable bonds is 8. The average Bonchev–Trinajstić information content (AvgIpc) is 2.43. The van der Waals surface area contributed by atoms with Crippen LogP contribution in [-0.2, 0) is 13.0 Å². The number of halogens is 1. The van der Waals surface area contributed by atoms with Gasteiger partial charge < -0.3 is 16.8 Å². The standard InChI is InChI=1S/C14H23FN4/c1-2-11-3-5-12(6-4-11)8-18-9-13(7-15)10-19-14(16)17/h3-6,13,18H,2,7-10H2,1H3,(H4,16,17,19). The molecule has 5 heteroatoms. The number of nitrogens with two attached hydrogens (primary N) is 2. The predicted molar refractivity (Wildman–Crippen MR) is 77.7 cm³/mol. The Kier molecular flexibility index (Phi) is 6.89. The Morgan fingerprint density at radius 1 is 1.26 bits per heavy atom. The summed E-state index contributed by atoms with van der Waals surface area (Å²) in [5, 5.41) is 3.22. The molecule has 0 saturated carbocycles. The van der Waals surface area contributed by atoms with E-state index in [0.717, 1.165) is 13.0 Å². The van der Waals surface area contributed by atoms with Gasteiger partial charge in [-0.2, -0.15) is 0 Å². The zero-order valence-electron chi connectivity index (χ0n) is 11.4. The summed E-state index contributed by atoms with van der Waals surface area (Å²) in [5.41, 5.74) is 13.0. The number of aliphatic imine (C=N–C) groups is 1. The minimum absolute atomic E-state index is 0.00797. The molecule has 106 valence electrons. The molecule has 1 unspecified atom stereocenters. The van der Waals surface area contributed by atoms with Crippen LogP contribution in [0.25, 0.3) is 0 Å². The highest BCUT2D eigenvalue weighted by molar-refractivity contribution is 5.75. The lowest BCUT2D eigenvalue weighted by atomic mass is 10.1. The van der Waals surface area contributed by atoms with Gasteiger partial charge in [-0.3, -0.25) is 9.38 Å². The molecule has 0 heterocycles. The Bertz CT molecular complexity index is 385. The molecule has 0 aromatic heterocycles. The summed E-state index contributed by atoms with van der Waals surface area (Å²) in [4.78, 5) is 3.84. The van der Waals surface area contributed by atoms with E-state index in [2.05, 4.69) is 41.5 Å². The molecule has 0 aliphatic heterocycles. The number of guanidine groups is 1. The Morgan fingerprint density at radius 3 is 2.42 bits per heavy atom. The zero-order chi connectivity index (χ0) is 14.1. The highest BCUT2D eigenvalue weighted by Crippen LogP contribution is 2.05. The predicted octanol–water partition coefficient (Wildman–Crippen LogP) is 1.20. The van der Waals surface area contributed by atoms with Crippen LogP contribution in [0.15, 0.2) is 29.3 Å². The topological polar surface area (TPSA) is 76.4 Å². The van der Waals surface area contributed by atoms with E-state index in [1.807, 2.05) is 0 Å². The van der Waals surface area contributed by atoms with Gasteiger partial charge in [0.25, 0.3) is 0 Å². The van der Waals surface area contributed by atoms with Crippen molar-refractivity contribution in [1.82, 2.24) is 5.32 Å². The fourth-order valence-corrected chi connectivity index (χ4v) is 1.72. The highest BCUT2D eigenvalue weighted by atomic mass is 19.1. The molecule has 0 spiro atoms. The molecule has 1 aromatic rings. The summed E-state index contributed by atoms with van der Waals surface area (Å²) in [6, 6.07) is 8.41. The second kappa shape index (κ2) is 8.48. The van der Waals surface area contributed by atoms with E-state index in [-0.39, 0.29) is 11.9 Å². The number of nitrogens with zero attached hydrogens (tertiary/aromatic N) is 1. The van der Waals surface area contributed by atoms with Crippen LogP contribution in [0, 0.1) is 5.92 Å². The summed E-state index contributed by atoms with van der Waals surface area (Å²) >= 11 is 0. The van der Waals surface area contributed by atoms with Gasteiger partial charge in [-0.05, 0) is 17.5 Å². The van der Waals surface area contributed by atoms with Gasteiger partial charge in [0.2, 0.25) is 0 Å². The maximum absolute atomic E-state index is 12.7. The molecular weight excluding hydrogens is 243 g/mol. The molecule has 0 aliphatic carbocycles. The second-order valence-electron chi connectivity index (χ2n) is 4.59. The molecule has 0 bridgehead atoms. The van der Waals surface area contributed by atoms with Gasteiger partial charge in [0.1, 0.15) is 0 Å². The average molecular weight is 266 g/mol. The Hall–Kier alpha value is -1.62. The number of alkyl halides is 1. The van der Waals surface area contributed by atoms with Gasteiger partial charge in [-0.1, -0.05) is 31.2 Å². The SMILES string of the molecule is CCc1ccc(CNCC(CF)CN=C(N)N)cc1. The van der Waals surface area contributed by atoms with E-state index in [0.29, 0.717) is 13.1 Å². The first-order chi connectivity index (χ1) is 9.15. The third kappa shape index (κ3) is 6.20. The molecule has 0 radical (unpaired) electrons. The fourth-order valence-electron chi connectivity index (χ4n) is 1.72. The van der Waals surface area contributed by atoms with Gasteiger partial charge in [-0.15, -0.1) is 0 Å². The normalized spacial score (nSPS) is 12.1. The van der Waals surface area contributed by atoms with E-state index in [4.69, 9.17) is 11.5 Å². The van der Waals surface area contributed by atoms with Crippen LogP contribution in [-0.4, -0.2) is 25.7 Å². The van der Waals surface area contributed by atoms with E-state index < -0.39 is 6.67 Å². The largest absolute Gasteiger partial charge is 0.370 e. The van der Waals surface area contributed by atoms with Crippen molar-refractivity contribution in [3.05, 3.63) is 35.4 Å². The molecule has 1 atom stereocenters. The maximum Gasteiger partial charge on any atom is 0.185 e. The number of nitrogens with one attached hydrogen (secondary N) is 1. The molecule has 0 aliphatic rings. The van der Waals surface area contributed by atoms with Crippen LogP contribution >= 0.6 is 0 Å². The van der Waals surface area contributed by atoms with Crippen molar-refractivity contribution in [3.8, 4) is 0 Å². The lowest BCUT2D eigenvalue weighted by Crippen LogP contribution is -2.29. The Labute approximate surface area is 114 Å². The van der Waals surface area contributed by atoms with Gasteiger partial charge in [0, 0.05) is 25.6 Å². The molecule has 0 saturated heterocycles. The highest BCUT2D eigenvalue weighted by Gasteiger charge is 2.07. The summed E-state index contributed by atoms with van der Waals surface area (Å²) < 4.78 is 12.7. The quantitative estimate of drug-likeness (QED) is 0.489. The molecule has 19 heavy (non-hydrogen) atoms. The van der Waals surface area contributed by atoms with Crippen molar-refractivity contribution in [1.29, 1.82) is 0 Å². The van der Waals surface area contributed by atoms with Crippen LogP contribution in [0.4, 0.5) is 4.39 Å². The minimum Gasteiger partial charge on any atom is -0.370 e. The van der Waals surface area contributed by atoms with Gasteiger partial charge in [-0.25, -0.2) is 0 Å². The van der Waals surface area contributed by atoms with Crippen LogP contribution < -0.4 is 16.8 Å². The maximum atomic E-state index is 12.7. The molecule has 5 N–H and O–H groups in total. The molecule has 1 aromatic carbocycles. The van der Waals surface area contributed by atoms with E-state index in [9.17, 15) is 4.39 Å².